The van der Waals surface area contributed by atoms with Crippen LogP contribution in [-0.4, -0.2) is 32.4 Å². The lowest BCUT2D eigenvalue weighted by Crippen LogP contribution is -2.04. The van der Waals surface area contributed by atoms with E-state index in [9.17, 15) is 9.90 Å². The smallest absolute Gasteiger partial charge is 0.228 e. The molecular weight excluding hydrogens is 390 g/mol. The third-order valence-electron chi connectivity index (χ3n) is 5.98. The number of pyridine rings is 1. The molecule has 0 radical (unpaired) electrons. The van der Waals surface area contributed by atoms with E-state index in [1.54, 1.807) is 30.5 Å². The largest absolute Gasteiger partial charge is 0.439 e. The van der Waals surface area contributed by atoms with Crippen molar-refractivity contribution in [3.63, 3.8) is 0 Å². The number of benzene rings is 2. The average Bonchev–Trinajstić information content (AvgIpc) is 3.46. The van der Waals surface area contributed by atoms with E-state index < -0.39 is 0 Å². The summed E-state index contributed by atoms with van der Waals surface area (Å²) in [4.78, 5) is 24.7. The number of aromatic nitrogens is 3. The fourth-order valence-corrected chi connectivity index (χ4v) is 4.31. The van der Waals surface area contributed by atoms with Crippen LogP contribution in [-0.2, 0) is 0 Å². The molecule has 1 aliphatic carbocycles. The summed E-state index contributed by atoms with van der Waals surface area (Å²) >= 11 is 0. The molecule has 31 heavy (non-hydrogen) atoms. The minimum atomic E-state index is -0.165. The van der Waals surface area contributed by atoms with Crippen molar-refractivity contribution in [2.75, 3.05) is 6.61 Å². The number of hydrogen-bond acceptors (Lipinski definition) is 5. The fourth-order valence-electron chi connectivity index (χ4n) is 4.31. The molecule has 2 heterocycles. The van der Waals surface area contributed by atoms with Gasteiger partial charge in [-0.25, -0.2) is 9.97 Å². The van der Waals surface area contributed by atoms with Crippen LogP contribution < -0.4 is 4.74 Å². The third kappa shape index (κ3) is 3.94. The maximum Gasteiger partial charge on any atom is 0.228 e. The molecule has 0 spiro atoms. The van der Waals surface area contributed by atoms with Gasteiger partial charge in [0.25, 0.3) is 0 Å². The molecule has 1 aliphatic rings. The molecule has 0 amide bonds. The molecule has 4 aromatic rings. The molecule has 1 fully saturated rings. The van der Waals surface area contributed by atoms with E-state index in [4.69, 9.17) is 4.74 Å². The molecule has 6 heteroatoms. The van der Waals surface area contributed by atoms with Crippen molar-refractivity contribution in [1.29, 1.82) is 0 Å². The van der Waals surface area contributed by atoms with Crippen LogP contribution in [0.2, 0.25) is 0 Å². The predicted octanol–water partition coefficient (Wildman–Crippen LogP) is 4.86. The van der Waals surface area contributed by atoms with Gasteiger partial charge < -0.3 is 14.8 Å². The molecule has 0 saturated heterocycles. The van der Waals surface area contributed by atoms with Crippen LogP contribution >= 0.6 is 0 Å². The van der Waals surface area contributed by atoms with Crippen molar-refractivity contribution in [3.05, 3.63) is 83.8 Å². The number of ether oxygens (including phenoxy) is 1. The van der Waals surface area contributed by atoms with Gasteiger partial charge in [-0.3, -0.25) is 4.79 Å². The minimum Gasteiger partial charge on any atom is -0.439 e. The highest BCUT2D eigenvalue weighted by atomic mass is 16.5. The Balaban J connectivity index is 1.34. The zero-order valence-corrected chi connectivity index (χ0v) is 17.0. The van der Waals surface area contributed by atoms with Gasteiger partial charge in [0.05, 0.1) is 11.0 Å². The summed E-state index contributed by atoms with van der Waals surface area (Å²) in [5, 5.41) is 9.45. The van der Waals surface area contributed by atoms with Gasteiger partial charge in [0.2, 0.25) is 11.7 Å². The summed E-state index contributed by atoms with van der Waals surface area (Å²) in [7, 11) is 0. The summed E-state index contributed by atoms with van der Waals surface area (Å²) in [5.41, 5.74) is 3.21. The second-order valence-corrected chi connectivity index (χ2v) is 8.01. The molecule has 6 nitrogen and oxygen atoms in total. The number of aliphatic hydroxyl groups is 1. The lowest BCUT2D eigenvalue weighted by molar-refractivity contribution is 0.103. The number of fused-ring (bicyclic) bond motifs is 1. The minimum absolute atomic E-state index is 0.165. The molecule has 0 aliphatic heterocycles. The van der Waals surface area contributed by atoms with Crippen molar-refractivity contribution < 1.29 is 14.6 Å². The first-order chi connectivity index (χ1) is 15.2. The maximum absolute atomic E-state index is 12.8. The number of rotatable bonds is 6. The summed E-state index contributed by atoms with van der Waals surface area (Å²) in [6.07, 6.45) is 4.71. The molecule has 0 bridgehead atoms. The molecular formula is C25H23N3O3. The van der Waals surface area contributed by atoms with Crippen LogP contribution in [0.5, 0.6) is 11.6 Å². The van der Waals surface area contributed by atoms with Crippen molar-refractivity contribution >= 4 is 16.8 Å². The monoisotopic (exact) mass is 413 g/mol. The Labute approximate surface area is 179 Å². The molecule has 0 unspecified atom stereocenters. The second kappa shape index (κ2) is 8.32. The molecule has 5 rings (SSSR count). The average molecular weight is 413 g/mol. The normalized spacial score (nSPS) is 18.4. The highest BCUT2D eigenvalue weighted by Gasteiger charge is 2.28. The Morgan fingerprint density at radius 1 is 1.06 bits per heavy atom. The summed E-state index contributed by atoms with van der Waals surface area (Å²) in [6, 6.07) is 18.6. The second-order valence-electron chi connectivity index (χ2n) is 8.01. The molecule has 2 aromatic heterocycles. The van der Waals surface area contributed by atoms with E-state index in [0.29, 0.717) is 34.9 Å². The summed E-state index contributed by atoms with van der Waals surface area (Å²) < 4.78 is 6.07. The van der Waals surface area contributed by atoms with Crippen LogP contribution in [0, 0.1) is 5.92 Å². The molecule has 1 saturated carbocycles. The Hall–Kier alpha value is -3.51. The SMILES string of the molecule is O=C(c1ccc(Oc2ncccc2[C@@H]2CC[C@@H](CO)C2)cc1)c1nc2ccccc2[nH]1. The topological polar surface area (TPSA) is 88.1 Å². The van der Waals surface area contributed by atoms with Gasteiger partial charge in [-0.15, -0.1) is 0 Å². The number of imidazole rings is 1. The van der Waals surface area contributed by atoms with Gasteiger partial charge in [0.15, 0.2) is 5.82 Å². The van der Waals surface area contributed by atoms with E-state index in [1.807, 2.05) is 36.4 Å². The first-order valence-electron chi connectivity index (χ1n) is 10.5. The van der Waals surface area contributed by atoms with E-state index in [-0.39, 0.29) is 12.4 Å². The number of carbonyl (C=O) groups is 1. The molecule has 2 atom stereocenters. The Morgan fingerprint density at radius 2 is 1.90 bits per heavy atom. The van der Waals surface area contributed by atoms with Gasteiger partial charge in [-0.1, -0.05) is 18.2 Å². The number of aliphatic hydroxyl groups excluding tert-OH is 1. The van der Waals surface area contributed by atoms with E-state index in [2.05, 4.69) is 15.0 Å². The van der Waals surface area contributed by atoms with Gasteiger partial charge in [0.1, 0.15) is 5.75 Å². The van der Waals surface area contributed by atoms with Crippen molar-refractivity contribution in [2.24, 2.45) is 5.92 Å². The number of nitrogens with zero attached hydrogens (tertiary/aromatic N) is 2. The van der Waals surface area contributed by atoms with Crippen LogP contribution in [0.25, 0.3) is 11.0 Å². The quantitative estimate of drug-likeness (QED) is 0.441. The van der Waals surface area contributed by atoms with Crippen molar-refractivity contribution in [2.45, 2.75) is 25.2 Å². The third-order valence-corrected chi connectivity index (χ3v) is 5.98. The van der Waals surface area contributed by atoms with Crippen molar-refractivity contribution in [1.82, 2.24) is 15.0 Å². The number of carbonyl (C=O) groups excluding carboxylic acids is 1. The molecule has 2 aromatic carbocycles. The van der Waals surface area contributed by atoms with Gasteiger partial charge in [-0.2, -0.15) is 0 Å². The van der Waals surface area contributed by atoms with Gasteiger partial charge in [-0.05, 0) is 73.6 Å². The number of nitrogens with one attached hydrogen (secondary N) is 1. The number of para-hydroxylation sites is 2. The summed E-state index contributed by atoms with van der Waals surface area (Å²) in [6.45, 7) is 0.230. The summed E-state index contributed by atoms with van der Waals surface area (Å²) in [5.74, 6) is 2.06. The van der Waals surface area contributed by atoms with Gasteiger partial charge >= 0.3 is 0 Å². The zero-order chi connectivity index (χ0) is 21.2. The maximum atomic E-state index is 12.8. The van der Waals surface area contributed by atoms with Crippen LogP contribution in [0.4, 0.5) is 0 Å². The number of H-pyrrole nitrogens is 1. The Morgan fingerprint density at radius 3 is 2.68 bits per heavy atom. The fraction of sp³-hybridized carbons (Fsp3) is 0.240. The van der Waals surface area contributed by atoms with E-state index >= 15 is 0 Å². The van der Waals surface area contributed by atoms with Crippen molar-refractivity contribution in [3.8, 4) is 11.6 Å². The first-order valence-corrected chi connectivity index (χ1v) is 10.5. The number of ketones is 1. The van der Waals surface area contributed by atoms with Gasteiger partial charge in [0, 0.05) is 23.9 Å². The van der Waals surface area contributed by atoms with Crippen LogP contribution in [0.3, 0.4) is 0 Å². The molecule has 156 valence electrons. The van der Waals surface area contributed by atoms with Crippen LogP contribution in [0.1, 0.15) is 46.9 Å². The zero-order valence-electron chi connectivity index (χ0n) is 17.0. The number of aromatic amines is 1. The predicted molar refractivity (Wildman–Crippen MR) is 117 cm³/mol. The Bertz CT molecular complexity index is 1180. The van der Waals surface area contributed by atoms with E-state index in [0.717, 1.165) is 35.9 Å². The lowest BCUT2D eigenvalue weighted by atomic mass is 9.97. The molecule has 2 N–H and O–H groups in total. The Kier molecular flexibility index (Phi) is 5.22. The number of hydrogen-bond donors (Lipinski definition) is 2. The standard InChI is InChI=1S/C25H23N3O3/c29-15-16-7-8-18(14-16)20-4-3-13-26-25(20)31-19-11-9-17(10-12-19)23(30)24-27-21-5-1-2-6-22(21)28-24/h1-6,9-13,16,18,29H,7-8,14-15H2,(H,27,28)/t16-,18-/m1/s1. The van der Waals surface area contributed by atoms with E-state index in [1.165, 1.54) is 0 Å². The highest BCUT2D eigenvalue weighted by molar-refractivity contribution is 6.08. The first kappa shape index (κ1) is 19.5. The highest BCUT2D eigenvalue weighted by Crippen LogP contribution is 2.41. The van der Waals surface area contributed by atoms with Crippen LogP contribution in [0.15, 0.2) is 66.9 Å². The lowest BCUT2D eigenvalue weighted by Gasteiger charge is -2.15.